The van der Waals surface area contributed by atoms with Crippen LogP contribution in [0.3, 0.4) is 0 Å². The van der Waals surface area contributed by atoms with Crippen molar-refractivity contribution < 1.29 is 9.90 Å². The lowest BCUT2D eigenvalue weighted by atomic mass is 10.2. The van der Waals surface area contributed by atoms with Gasteiger partial charge < -0.3 is 5.11 Å². The maximum absolute atomic E-state index is 10.8. The van der Waals surface area contributed by atoms with Crippen LogP contribution in [0.4, 0.5) is 0 Å². The van der Waals surface area contributed by atoms with E-state index >= 15 is 0 Å². The second-order valence-electron chi connectivity index (χ2n) is 2.82. The SMILES string of the molecule is O=C(O)c1nc2ncc(Br)cc2cc1Br. The number of halogens is 2. The molecule has 2 aromatic heterocycles. The summed E-state index contributed by atoms with van der Waals surface area (Å²) in [5.74, 6) is -1.08. The molecule has 2 heterocycles. The van der Waals surface area contributed by atoms with E-state index in [1.165, 1.54) is 0 Å². The van der Waals surface area contributed by atoms with Crippen molar-refractivity contribution in [3.8, 4) is 0 Å². The average Bonchev–Trinajstić information content (AvgIpc) is 2.15. The summed E-state index contributed by atoms with van der Waals surface area (Å²) in [6.07, 6.45) is 1.58. The zero-order valence-electron chi connectivity index (χ0n) is 7.24. The van der Waals surface area contributed by atoms with Crippen molar-refractivity contribution in [2.24, 2.45) is 0 Å². The summed E-state index contributed by atoms with van der Waals surface area (Å²) in [5, 5.41) is 9.63. The Hall–Kier alpha value is -1.01. The maximum atomic E-state index is 10.8. The Kier molecular flexibility index (Phi) is 2.70. The first-order valence-corrected chi connectivity index (χ1v) is 5.51. The number of aromatic carboxylic acids is 1. The highest BCUT2D eigenvalue weighted by Crippen LogP contribution is 2.22. The Morgan fingerprint density at radius 1 is 1.33 bits per heavy atom. The summed E-state index contributed by atoms with van der Waals surface area (Å²) in [6.45, 7) is 0. The van der Waals surface area contributed by atoms with Crippen LogP contribution >= 0.6 is 31.9 Å². The third-order valence-electron chi connectivity index (χ3n) is 1.79. The van der Waals surface area contributed by atoms with Crippen molar-refractivity contribution in [1.29, 1.82) is 0 Å². The Bertz CT molecular complexity index is 557. The summed E-state index contributed by atoms with van der Waals surface area (Å²) in [4.78, 5) is 18.8. The van der Waals surface area contributed by atoms with E-state index in [-0.39, 0.29) is 5.69 Å². The molecular weight excluding hydrogens is 328 g/mol. The maximum Gasteiger partial charge on any atom is 0.355 e. The zero-order chi connectivity index (χ0) is 11.0. The largest absolute Gasteiger partial charge is 0.476 e. The van der Waals surface area contributed by atoms with Gasteiger partial charge in [0.2, 0.25) is 0 Å². The van der Waals surface area contributed by atoms with Crippen LogP contribution in [0.25, 0.3) is 11.0 Å². The van der Waals surface area contributed by atoms with E-state index in [0.29, 0.717) is 10.1 Å². The molecule has 1 N–H and O–H groups in total. The van der Waals surface area contributed by atoms with Gasteiger partial charge in [-0.3, -0.25) is 0 Å². The lowest BCUT2D eigenvalue weighted by Crippen LogP contribution is -2.02. The molecule has 0 radical (unpaired) electrons. The standard InChI is InChI=1S/C9H4Br2N2O2/c10-5-1-4-2-6(11)7(9(14)15)13-8(4)12-3-5/h1-3H,(H,14,15). The predicted molar refractivity (Wildman–Crippen MR) is 61.9 cm³/mol. The monoisotopic (exact) mass is 330 g/mol. The smallest absolute Gasteiger partial charge is 0.355 e. The van der Waals surface area contributed by atoms with Crippen molar-refractivity contribution in [1.82, 2.24) is 9.97 Å². The molecule has 0 aliphatic heterocycles. The number of carbonyl (C=O) groups is 1. The zero-order valence-corrected chi connectivity index (χ0v) is 10.4. The number of carboxylic acids is 1. The molecule has 0 bridgehead atoms. The molecule has 0 fully saturated rings. The quantitative estimate of drug-likeness (QED) is 0.872. The first-order valence-electron chi connectivity index (χ1n) is 3.93. The van der Waals surface area contributed by atoms with Crippen molar-refractivity contribution in [3.63, 3.8) is 0 Å². The highest BCUT2D eigenvalue weighted by Gasteiger charge is 2.12. The summed E-state index contributed by atoms with van der Waals surface area (Å²) in [5.41, 5.74) is 0.385. The average molecular weight is 332 g/mol. The van der Waals surface area contributed by atoms with Crippen LogP contribution in [-0.4, -0.2) is 21.0 Å². The summed E-state index contributed by atoms with van der Waals surface area (Å²) in [6, 6.07) is 3.51. The highest BCUT2D eigenvalue weighted by atomic mass is 79.9. The van der Waals surface area contributed by atoms with E-state index in [1.807, 2.05) is 6.07 Å². The second kappa shape index (κ2) is 3.86. The predicted octanol–water partition coefficient (Wildman–Crippen LogP) is 2.85. The van der Waals surface area contributed by atoms with Crippen molar-refractivity contribution >= 4 is 48.9 Å². The van der Waals surface area contributed by atoms with E-state index < -0.39 is 5.97 Å². The van der Waals surface area contributed by atoms with E-state index in [0.717, 1.165) is 9.86 Å². The number of hydrogen-bond acceptors (Lipinski definition) is 3. The molecule has 0 saturated carbocycles. The Morgan fingerprint density at radius 2 is 2.07 bits per heavy atom. The van der Waals surface area contributed by atoms with Gasteiger partial charge in [0.05, 0.1) is 4.47 Å². The number of rotatable bonds is 1. The molecule has 76 valence electrons. The third-order valence-corrected chi connectivity index (χ3v) is 2.83. The lowest BCUT2D eigenvalue weighted by molar-refractivity contribution is 0.0690. The Labute approximate surface area is 102 Å². The molecular formula is C9H4Br2N2O2. The molecule has 0 aromatic carbocycles. The molecule has 0 amide bonds. The molecule has 0 spiro atoms. The van der Waals surface area contributed by atoms with E-state index in [1.54, 1.807) is 12.3 Å². The Balaban J connectivity index is 2.76. The molecule has 4 nitrogen and oxygen atoms in total. The van der Waals surface area contributed by atoms with Crippen LogP contribution in [0.15, 0.2) is 27.3 Å². The van der Waals surface area contributed by atoms with Gasteiger partial charge in [-0.15, -0.1) is 0 Å². The number of hydrogen-bond donors (Lipinski definition) is 1. The van der Waals surface area contributed by atoms with Gasteiger partial charge in [-0.2, -0.15) is 0 Å². The summed E-state index contributed by atoms with van der Waals surface area (Å²) < 4.78 is 1.27. The normalized spacial score (nSPS) is 10.5. The van der Waals surface area contributed by atoms with Crippen LogP contribution in [0.2, 0.25) is 0 Å². The van der Waals surface area contributed by atoms with Gasteiger partial charge in [0.15, 0.2) is 11.3 Å². The van der Waals surface area contributed by atoms with Gasteiger partial charge in [0.1, 0.15) is 0 Å². The molecule has 2 aromatic rings. The van der Waals surface area contributed by atoms with Crippen LogP contribution in [0, 0.1) is 0 Å². The molecule has 2 rings (SSSR count). The van der Waals surface area contributed by atoms with E-state index in [2.05, 4.69) is 41.8 Å². The molecule has 0 aliphatic rings. The lowest BCUT2D eigenvalue weighted by Gasteiger charge is -2.01. The number of carboxylic acid groups (broad SMARTS) is 1. The van der Waals surface area contributed by atoms with E-state index in [4.69, 9.17) is 5.11 Å². The van der Waals surface area contributed by atoms with Gasteiger partial charge in [-0.05, 0) is 44.0 Å². The van der Waals surface area contributed by atoms with E-state index in [9.17, 15) is 4.79 Å². The highest BCUT2D eigenvalue weighted by molar-refractivity contribution is 9.10. The second-order valence-corrected chi connectivity index (χ2v) is 4.59. The Morgan fingerprint density at radius 3 is 2.73 bits per heavy atom. The van der Waals surface area contributed by atoms with Crippen molar-refractivity contribution in [3.05, 3.63) is 33.0 Å². The van der Waals surface area contributed by atoms with Gasteiger partial charge >= 0.3 is 5.97 Å². The summed E-state index contributed by atoms with van der Waals surface area (Å²) in [7, 11) is 0. The van der Waals surface area contributed by atoms with Crippen LogP contribution < -0.4 is 0 Å². The molecule has 0 unspecified atom stereocenters. The number of fused-ring (bicyclic) bond motifs is 1. The minimum atomic E-state index is -1.08. The number of nitrogens with zero attached hydrogens (tertiary/aromatic N) is 2. The summed E-state index contributed by atoms with van der Waals surface area (Å²) >= 11 is 6.44. The van der Waals surface area contributed by atoms with Crippen LogP contribution in [0.5, 0.6) is 0 Å². The molecule has 0 atom stereocenters. The minimum absolute atomic E-state index is 0.0303. The number of pyridine rings is 2. The first kappa shape index (κ1) is 10.5. The first-order chi connectivity index (χ1) is 7.08. The minimum Gasteiger partial charge on any atom is -0.476 e. The van der Waals surface area contributed by atoms with Gasteiger partial charge in [0, 0.05) is 16.1 Å². The fraction of sp³-hybridized carbons (Fsp3) is 0. The van der Waals surface area contributed by atoms with Gasteiger partial charge in [-0.1, -0.05) is 0 Å². The van der Waals surface area contributed by atoms with Crippen LogP contribution in [-0.2, 0) is 0 Å². The van der Waals surface area contributed by atoms with Gasteiger partial charge in [-0.25, -0.2) is 14.8 Å². The van der Waals surface area contributed by atoms with Crippen LogP contribution in [0.1, 0.15) is 10.5 Å². The molecule has 15 heavy (non-hydrogen) atoms. The fourth-order valence-electron chi connectivity index (χ4n) is 1.16. The fourth-order valence-corrected chi connectivity index (χ4v) is 2.02. The molecule has 6 heteroatoms. The topological polar surface area (TPSA) is 63.1 Å². The number of aromatic nitrogens is 2. The van der Waals surface area contributed by atoms with Crippen molar-refractivity contribution in [2.75, 3.05) is 0 Å². The van der Waals surface area contributed by atoms with Crippen molar-refractivity contribution in [2.45, 2.75) is 0 Å². The third kappa shape index (κ3) is 2.00. The van der Waals surface area contributed by atoms with Gasteiger partial charge in [0.25, 0.3) is 0 Å². The molecule has 0 aliphatic carbocycles. The molecule has 0 saturated heterocycles.